The molecule has 0 aliphatic rings. The summed E-state index contributed by atoms with van der Waals surface area (Å²) in [5.74, 6) is 1.14. The van der Waals surface area contributed by atoms with Crippen LogP contribution in [0.4, 0.5) is 0 Å². The van der Waals surface area contributed by atoms with Crippen molar-refractivity contribution in [3.8, 4) is 0 Å². The number of thioether (sulfide) groups is 1. The van der Waals surface area contributed by atoms with Crippen molar-refractivity contribution in [3.63, 3.8) is 0 Å². The standard InChI is InChI=1S/C12H19NS/c1-4-14-12-7-5-6-11(8-12)9-13-10(2)3/h5-8,10,13H,4,9H2,1-3H3. The first-order chi connectivity index (χ1) is 6.72. The Kier molecular flexibility index (Phi) is 5.05. The molecular weight excluding hydrogens is 190 g/mol. The average molecular weight is 209 g/mol. The predicted molar refractivity (Wildman–Crippen MR) is 64.8 cm³/mol. The molecule has 1 aromatic carbocycles. The van der Waals surface area contributed by atoms with E-state index in [1.807, 2.05) is 11.8 Å². The van der Waals surface area contributed by atoms with Gasteiger partial charge in [0.1, 0.15) is 0 Å². The van der Waals surface area contributed by atoms with Gasteiger partial charge in [-0.1, -0.05) is 32.9 Å². The SMILES string of the molecule is CCSc1cccc(CNC(C)C)c1. The highest BCUT2D eigenvalue weighted by atomic mass is 32.2. The number of benzene rings is 1. The minimum absolute atomic E-state index is 0.553. The Labute approximate surface area is 91.3 Å². The molecule has 1 rings (SSSR count). The molecule has 1 N–H and O–H groups in total. The number of hydrogen-bond donors (Lipinski definition) is 1. The fraction of sp³-hybridized carbons (Fsp3) is 0.500. The molecule has 0 unspecified atom stereocenters. The molecule has 0 spiro atoms. The van der Waals surface area contributed by atoms with Crippen LogP contribution in [0.15, 0.2) is 29.2 Å². The third-order valence-electron chi connectivity index (χ3n) is 1.92. The quantitative estimate of drug-likeness (QED) is 0.747. The summed E-state index contributed by atoms with van der Waals surface area (Å²) >= 11 is 1.90. The molecule has 2 heteroatoms. The molecule has 0 fully saturated rings. The van der Waals surface area contributed by atoms with Crippen molar-refractivity contribution < 1.29 is 0 Å². The van der Waals surface area contributed by atoms with Gasteiger partial charge in [0.2, 0.25) is 0 Å². The molecule has 0 heterocycles. The summed E-state index contributed by atoms with van der Waals surface area (Å²) in [5, 5.41) is 3.42. The lowest BCUT2D eigenvalue weighted by atomic mass is 10.2. The van der Waals surface area contributed by atoms with E-state index >= 15 is 0 Å². The Morgan fingerprint density at radius 1 is 1.36 bits per heavy atom. The normalized spacial score (nSPS) is 10.9. The van der Waals surface area contributed by atoms with E-state index in [-0.39, 0.29) is 0 Å². The van der Waals surface area contributed by atoms with Crippen molar-refractivity contribution in [2.45, 2.75) is 38.3 Å². The molecule has 0 aromatic heterocycles. The lowest BCUT2D eigenvalue weighted by molar-refractivity contribution is 0.588. The van der Waals surface area contributed by atoms with E-state index in [0.29, 0.717) is 6.04 Å². The van der Waals surface area contributed by atoms with Crippen molar-refractivity contribution in [1.29, 1.82) is 0 Å². The average Bonchev–Trinajstić information content (AvgIpc) is 2.16. The summed E-state index contributed by atoms with van der Waals surface area (Å²) in [5.41, 5.74) is 1.37. The molecule has 0 radical (unpaired) electrons. The molecule has 1 nitrogen and oxygen atoms in total. The molecule has 78 valence electrons. The van der Waals surface area contributed by atoms with Crippen LogP contribution in [0, 0.1) is 0 Å². The summed E-state index contributed by atoms with van der Waals surface area (Å²) in [6.45, 7) is 7.49. The van der Waals surface area contributed by atoms with Crippen LogP contribution >= 0.6 is 11.8 Å². The zero-order chi connectivity index (χ0) is 10.4. The van der Waals surface area contributed by atoms with Gasteiger partial charge in [-0.25, -0.2) is 0 Å². The van der Waals surface area contributed by atoms with E-state index in [1.165, 1.54) is 10.5 Å². The monoisotopic (exact) mass is 209 g/mol. The van der Waals surface area contributed by atoms with Gasteiger partial charge in [-0.05, 0) is 23.4 Å². The van der Waals surface area contributed by atoms with Gasteiger partial charge in [0.15, 0.2) is 0 Å². The van der Waals surface area contributed by atoms with Gasteiger partial charge in [0.25, 0.3) is 0 Å². The molecule has 14 heavy (non-hydrogen) atoms. The second-order valence-electron chi connectivity index (χ2n) is 3.62. The zero-order valence-corrected chi connectivity index (χ0v) is 10.0. The maximum absolute atomic E-state index is 3.42. The van der Waals surface area contributed by atoms with Crippen molar-refractivity contribution in [1.82, 2.24) is 5.32 Å². The van der Waals surface area contributed by atoms with Gasteiger partial charge in [0.05, 0.1) is 0 Å². The van der Waals surface area contributed by atoms with E-state index in [4.69, 9.17) is 0 Å². The summed E-state index contributed by atoms with van der Waals surface area (Å²) in [7, 11) is 0. The molecule has 0 aliphatic heterocycles. The van der Waals surface area contributed by atoms with Crippen LogP contribution < -0.4 is 5.32 Å². The molecule has 0 bridgehead atoms. The van der Waals surface area contributed by atoms with Gasteiger partial charge >= 0.3 is 0 Å². The minimum Gasteiger partial charge on any atom is -0.310 e. The highest BCUT2D eigenvalue weighted by Crippen LogP contribution is 2.18. The first-order valence-corrected chi connectivity index (χ1v) is 6.16. The smallest absolute Gasteiger partial charge is 0.0208 e. The number of nitrogens with one attached hydrogen (secondary N) is 1. The van der Waals surface area contributed by atoms with E-state index in [1.54, 1.807) is 0 Å². The first-order valence-electron chi connectivity index (χ1n) is 5.17. The summed E-state index contributed by atoms with van der Waals surface area (Å²) in [6, 6.07) is 9.30. The van der Waals surface area contributed by atoms with Gasteiger partial charge in [-0.3, -0.25) is 0 Å². The van der Waals surface area contributed by atoms with E-state index in [9.17, 15) is 0 Å². The van der Waals surface area contributed by atoms with Gasteiger partial charge < -0.3 is 5.32 Å². The van der Waals surface area contributed by atoms with Crippen LogP contribution in [-0.2, 0) is 6.54 Å². The predicted octanol–water partition coefficient (Wildman–Crippen LogP) is 3.30. The fourth-order valence-corrected chi connectivity index (χ4v) is 1.98. The van der Waals surface area contributed by atoms with Crippen LogP contribution in [-0.4, -0.2) is 11.8 Å². The lowest BCUT2D eigenvalue weighted by Crippen LogP contribution is -2.21. The third-order valence-corrected chi connectivity index (χ3v) is 2.80. The van der Waals surface area contributed by atoms with Crippen LogP contribution in [0.3, 0.4) is 0 Å². The highest BCUT2D eigenvalue weighted by molar-refractivity contribution is 7.99. The largest absolute Gasteiger partial charge is 0.310 e. The molecule has 0 saturated carbocycles. The maximum Gasteiger partial charge on any atom is 0.0208 e. The van der Waals surface area contributed by atoms with E-state index < -0.39 is 0 Å². The molecular formula is C12H19NS. The molecule has 1 aromatic rings. The molecule has 0 saturated heterocycles. The Morgan fingerprint density at radius 3 is 2.79 bits per heavy atom. The third kappa shape index (κ3) is 4.16. The van der Waals surface area contributed by atoms with Crippen LogP contribution in [0.5, 0.6) is 0 Å². The van der Waals surface area contributed by atoms with Crippen molar-refractivity contribution in [3.05, 3.63) is 29.8 Å². The summed E-state index contributed by atoms with van der Waals surface area (Å²) in [4.78, 5) is 1.37. The van der Waals surface area contributed by atoms with Gasteiger partial charge in [-0.2, -0.15) is 0 Å². The highest BCUT2D eigenvalue weighted by Gasteiger charge is 1.97. The number of rotatable bonds is 5. The Hall–Kier alpha value is -0.470. The zero-order valence-electron chi connectivity index (χ0n) is 9.21. The second-order valence-corrected chi connectivity index (χ2v) is 4.95. The Bertz CT molecular complexity index is 271. The van der Waals surface area contributed by atoms with Crippen molar-refractivity contribution in [2.24, 2.45) is 0 Å². The van der Waals surface area contributed by atoms with Crippen LogP contribution in [0.2, 0.25) is 0 Å². The molecule has 0 amide bonds. The van der Waals surface area contributed by atoms with E-state index in [2.05, 4.69) is 50.4 Å². The van der Waals surface area contributed by atoms with Crippen LogP contribution in [0.25, 0.3) is 0 Å². The van der Waals surface area contributed by atoms with Crippen molar-refractivity contribution >= 4 is 11.8 Å². The lowest BCUT2D eigenvalue weighted by Gasteiger charge is -2.08. The fourth-order valence-electron chi connectivity index (χ4n) is 1.23. The summed E-state index contributed by atoms with van der Waals surface area (Å²) in [6.07, 6.45) is 0. The minimum atomic E-state index is 0.553. The van der Waals surface area contributed by atoms with E-state index in [0.717, 1.165) is 12.3 Å². The second kappa shape index (κ2) is 6.10. The molecule has 0 atom stereocenters. The van der Waals surface area contributed by atoms with Gasteiger partial charge in [-0.15, -0.1) is 11.8 Å². The summed E-state index contributed by atoms with van der Waals surface area (Å²) < 4.78 is 0. The Balaban J connectivity index is 2.54. The first kappa shape index (κ1) is 11.6. The topological polar surface area (TPSA) is 12.0 Å². The maximum atomic E-state index is 3.42. The Morgan fingerprint density at radius 2 is 2.14 bits per heavy atom. The molecule has 0 aliphatic carbocycles. The van der Waals surface area contributed by atoms with Gasteiger partial charge in [0, 0.05) is 17.5 Å². The number of hydrogen-bond acceptors (Lipinski definition) is 2. The van der Waals surface area contributed by atoms with Crippen LogP contribution in [0.1, 0.15) is 26.3 Å². The van der Waals surface area contributed by atoms with Crippen molar-refractivity contribution in [2.75, 3.05) is 5.75 Å².